The number of hydrogen-bond acceptors (Lipinski definition) is 2. The molecule has 7 heteroatoms. The highest BCUT2D eigenvalue weighted by molar-refractivity contribution is 6.31. The van der Waals surface area contributed by atoms with E-state index in [2.05, 4.69) is 4.98 Å². The summed E-state index contributed by atoms with van der Waals surface area (Å²) >= 11 is 12.0. The molecule has 5 rings (SSSR count). The number of carbonyl (C=O) groups excluding carboxylic acids is 2. The normalized spacial score (nSPS) is 17.9. The van der Waals surface area contributed by atoms with Gasteiger partial charge in [0.2, 0.25) is 0 Å². The summed E-state index contributed by atoms with van der Waals surface area (Å²) in [6, 6.07) is 14.5. The maximum Gasteiger partial charge on any atom is 0.270 e. The summed E-state index contributed by atoms with van der Waals surface area (Å²) in [5.74, 6) is 0.0677. The number of aromatic nitrogens is 1. The number of rotatable bonds is 2. The summed E-state index contributed by atoms with van der Waals surface area (Å²) in [4.78, 5) is 32.6. The largest absolute Gasteiger partial charge is 0.350 e. The Morgan fingerprint density at radius 3 is 2.20 bits per heavy atom. The van der Waals surface area contributed by atoms with Crippen LogP contribution >= 0.6 is 23.2 Å². The third-order valence-corrected chi connectivity index (χ3v) is 6.84. The van der Waals surface area contributed by atoms with Crippen LogP contribution < -0.4 is 0 Å². The first-order chi connectivity index (χ1) is 14.4. The lowest BCUT2D eigenvalue weighted by atomic mass is 9.72. The minimum Gasteiger partial charge on any atom is -0.350 e. The SMILES string of the molecule is O=C(c1ccc(Cl)cc1)N1CCC2(CC1)CN(C(=O)c1cc3ccc(Cl)cc3[nH]1)C2. The van der Waals surface area contributed by atoms with Gasteiger partial charge in [0.05, 0.1) is 0 Å². The van der Waals surface area contributed by atoms with E-state index in [-0.39, 0.29) is 17.2 Å². The zero-order chi connectivity index (χ0) is 20.9. The minimum atomic E-state index is 0.0209. The molecule has 1 aromatic heterocycles. The van der Waals surface area contributed by atoms with Crippen LogP contribution in [-0.2, 0) is 0 Å². The van der Waals surface area contributed by atoms with Crippen LogP contribution in [0, 0.1) is 5.41 Å². The zero-order valence-corrected chi connectivity index (χ0v) is 17.8. The van der Waals surface area contributed by atoms with Crippen LogP contribution in [0.15, 0.2) is 48.5 Å². The van der Waals surface area contributed by atoms with Crippen molar-refractivity contribution in [2.45, 2.75) is 12.8 Å². The third-order valence-electron chi connectivity index (χ3n) is 6.36. The van der Waals surface area contributed by atoms with Gasteiger partial charge in [-0.2, -0.15) is 0 Å². The topological polar surface area (TPSA) is 56.4 Å². The van der Waals surface area contributed by atoms with E-state index in [1.54, 1.807) is 24.3 Å². The van der Waals surface area contributed by atoms with Crippen molar-refractivity contribution in [3.63, 3.8) is 0 Å². The van der Waals surface area contributed by atoms with Crippen molar-refractivity contribution in [3.05, 3.63) is 69.8 Å². The predicted octanol–water partition coefficient (Wildman–Crippen LogP) is 4.85. The molecule has 2 aliphatic heterocycles. The van der Waals surface area contributed by atoms with E-state index < -0.39 is 0 Å². The van der Waals surface area contributed by atoms with Crippen molar-refractivity contribution in [3.8, 4) is 0 Å². The first kappa shape index (κ1) is 19.5. The lowest BCUT2D eigenvalue weighted by Crippen LogP contribution is -2.62. The first-order valence-electron chi connectivity index (χ1n) is 10.0. The van der Waals surface area contributed by atoms with E-state index in [0.29, 0.717) is 34.4 Å². The van der Waals surface area contributed by atoms with Crippen LogP contribution in [0.3, 0.4) is 0 Å². The van der Waals surface area contributed by atoms with E-state index in [1.807, 2.05) is 34.1 Å². The van der Waals surface area contributed by atoms with E-state index in [4.69, 9.17) is 23.2 Å². The molecule has 0 atom stereocenters. The summed E-state index contributed by atoms with van der Waals surface area (Å²) in [5.41, 5.74) is 2.26. The fourth-order valence-electron chi connectivity index (χ4n) is 4.57. The summed E-state index contributed by atoms with van der Waals surface area (Å²) in [6.07, 6.45) is 1.83. The highest BCUT2D eigenvalue weighted by Crippen LogP contribution is 2.41. The number of H-pyrrole nitrogens is 1. The van der Waals surface area contributed by atoms with E-state index in [0.717, 1.165) is 36.8 Å². The molecule has 1 spiro atoms. The molecule has 2 aromatic carbocycles. The summed E-state index contributed by atoms with van der Waals surface area (Å²) in [7, 11) is 0. The molecule has 1 N–H and O–H groups in total. The fraction of sp³-hybridized carbons (Fsp3) is 0.304. The Morgan fingerprint density at radius 2 is 1.50 bits per heavy atom. The van der Waals surface area contributed by atoms with Gasteiger partial charge in [-0.1, -0.05) is 29.3 Å². The van der Waals surface area contributed by atoms with Gasteiger partial charge >= 0.3 is 0 Å². The zero-order valence-electron chi connectivity index (χ0n) is 16.3. The number of hydrogen-bond donors (Lipinski definition) is 1. The Bertz CT molecular complexity index is 1120. The Labute approximate surface area is 184 Å². The molecule has 0 bridgehead atoms. The number of nitrogens with one attached hydrogen (secondary N) is 1. The lowest BCUT2D eigenvalue weighted by molar-refractivity contribution is -0.0290. The maximum atomic E-state index is 12.9. The number of piperidine rings is 1. The molecule has 3 aromatic rings. The second-order valence-electron chi connectivity index (χ2n) is 8.37. The second-order valence-corrected chi connectivity index (χ2v) is 9.25. The summed E-state index contributed by atoms with van der Waals surface area (Å²) in [5, 5.41) is 2.25. The average molecular weight is 442 g/mol. The molecule has 5 nitrogen and oxygen atoms in total. The quantitative estimate of drug-likeness (QED) is 0.617. The van der Waals surface area contributed by atoms with Gasteiger partial charge < -0.3 is 14.8 Å². The molecule has 0 aliphatic carbocycles. The van der Waals surface area contributed by atoms with Gasteiger partial charge in [-0.3, -0.25) is 9.59 Å². The number of aromatic amines is 1. The van der Waals surface area contributed by atoms with E-state index in [9.17, 15) is 9.59 Å². The van der Waals surface area contributed by atoms with Crippen LogP contribution in [0.1, 0.15) is 33.7 Å². The average Bonchev–Trinajstić information content (AvgIpc) is 3.15. The highest BCUT2D eigenvalue weighted by atomic mass is 35.5. The molecule has 3 heterocycles. The van der Waals surface area contributed by atoms with Gasteiger partial charge in [0.25, 0.3) is 11.8 Å². The number of fused-ring (bicyclic) bond motifs is 1. The highest BCUT2D eigenvalue weighted by Gasteiger charge is 2.47. The van der Waals surface area contributed by atoms with Gasteiger partial charge in [-0.25, -0.2) is 0 Å². The predicted molar refractivity (Wildman–Crippen MR) is 118 cm³/mol. The fourth-order valence-corrected chi connectivity index (χ4v) is 4.87. The van der Waals surface area contributed by atoms with Gasteiger partial charge in [-0.05, 0) is 55.3 Å². The molecule has 0 radical (unpaired) electrons. The molecule has 2 amide bonds. The van der Waals surface area contributed by atoms with Crippen molar-refractivity contribution in [1.82, 2.24) is 14.8 Å². The van der Waals surface area contributed by atoms with Crippen molar-refractivity contribution in [1.29, 1.82) is 0 Å². The van der Waals surface area contributed by atoms with Gasteiger partial charge in [0, 0.05) is 58.1 Å². The molecule has 0 unspecified atom stereocenters. The number of likely N-dealkylation sites (tertiary alicyclic amines) is 2. The number of nitrogens with zero attached hydrogens (tertiary/aromatic N) is 2. The molecular weight excluding hydrogens is 421 g/mol. The Hall–Kier alpha value is -2.50. The van der Waals surface area contributed by atoms with E-state index >= 15 is 0 Å². The number of amides is 2. The molecule has 2 saturated heterocycles. The first-order valence-corrected chi connectivity index (χ1v) is 10.8. The van der Waals surface area contributed by atoms with Crippen LogP contribution in [-0.4, -0.2) is 52.8 Å². The van der Waals surface area contributed by atoms with Crippen LogP contribution in [0.25, 0.3) is 10.9 Å². The number of benzene rings is 2. The molecule has 2 fully saturated rings. The minimum absolute atomic E-state index is 0.0209. The Kier molecular flexibility index (Phi) is 4.75. The third kappa shape index (κ3) is 3.46. The van der Waals surface area contributed by atoms with Gasteiger partial charge in [0.15, 0.2) is 0 Å². The second kappa shape index (κ2) is 7.33. The van der Waals surface area contributed by atoms with Crippen LogP contribution in [0.2, 0.25) is 10.0 Å². The summed E-state index contributed by atoms with van der Waals surface area (Å²) in [6.45, 7) is 2.92. The van der Waals surface area contributed by atoms with Crippen molar-refractivity contribution < 1.29 is 9.59 Å². The summed E-state index contributed by atoms with van der Waals surface area (Å²) < 4.78 is 0. The number of halogens is 2. The van der Waals surface area contributed by atoms with Crippen molar-refractivity contribution >= 4 is 45.9 Å². The van der Waals surface area contributed by atoms with Gasteiger partial charge in [-0.15, -0.1) is 0 Å². The molecular formula is C23H21Cl2N3O2. The molecule has 154 valence electrons. The van der Waals surface area contributed by atoms with Gasteiger partial charge in [0.1, 0.15) is 5.69 Å². The Morgan fingerprint density at radius 1 is 0.833 bits per heavy atom. The van der Waals surface area contributed by atoms with Crippen molar-refractivity contribution in [2.24, 2.45) is 5.41 Å². The lowest BCUT2D eigenvalue weighted by Gasteiger charge is -2.53. The van der Waals surface area contributed by atoms with Crippen LogP contribution in [0.4, 0.5) is 0 Å². The molecule has 0 saturated carbocycles. The molecule has 2 aliphatic rings. The van der Waals surface area contributed by atoms with E-state index in [1.165, 1.54) is 0 Å². The monoisotopic (exact) mass is 441 g/mol. The smallest absolute Gasteiger partial charge is 0.270 e. The standard InChI is InChI=1S/C23H21Cl2N3O2/c24-17-4-1-15(2-5-17)21(29)27-9-7-23(8-10-27)13-28(14-23)22(30)20-11-16-3-6-18(25)12-19(16)26-20/h1-6,11-12,26H,7-10,13-14H2. The van der Waals surface area contributed by atoms with Crippen LogP contribution in [0.5, 0.6) is 0 Å². The maximum absolute atomic E-state index is 12.9. The number of carbonyl (C=O) groups is 2. The van der Waals surface area contributed by atoms with Crippen molar-refractivity contribution in [2.75, 3.05) is 26.2 Å². The molecule has 30 heavy (non-hydrogen) atoms. The Balaban J connectivity index is 1.20.